The van der Waals surface area contributed by atoms with Crippen molar-refractivity contribution in [2.24, 2.45) is 11.0 Å². The number of nitrogens with one attached hydrogen (secondary N) is 2. The Hall–Kier alpha value is -2.22. The van der Waals surface area contributed by atoms with Gasteiger partial charge in [-0.1, -0.05) is 6.92 Å². The zero-order chi connectivity index (χ0) is 18.0. The summed E-state index contributed by atoms with van der Waals surface area (Å²) in [5, 5.41) is 7.12. The molecule has 1 aliphatic heterocycles. The molecular weight excluding hydrogens is 342 g/mol. The monoisotopic (exact) mass is 363 g/mol. The minimum atomic E-state index is -0.399. The molecule has 3 rings (SSSR count). The Labute approximate surface area is 149 Å². The first-order valence-corrected chi connectivity index (χ1v) is 9.29. The van der Waals surface area contributed by atoms with E-state index in [-0.39, 0.29) is 31.1 Å². The Morgan fingerprint density at radius 3 is 2.84 bits per heavy atom. The molecule has 8 heteroatoms. The van der Waals surface area contributed by atoms with Crippen molar-refractivity contribution in [2.75, 3.05) is 11.9 Å². The lowest BCUT2D eigenvalue weighted by atomic mass is 9.88. The van der Waals surface area contributed by atoms with Gasteiger partial charge in [0.25, 0.3) is 5.91 Å². The van der Waals surface area contributed by atoms with E-state index in [0.29, 0.717) is 16.5 Å². The number of amides is 2. The van der Waals surface area contributed by atoms with E-state index in [1.54, 1.807) is 6.92 Å². The molecule has 0 aromatic carbocycles. The number of esters is 1. The van der Waals surface area contributed by atoms with Crippen molar-refractivity contribution < 1.29 is 19.1 Å². The van der Waals surface area contributed by atoms with E-state index < -0.39 is 11.9 Å². The van der Waals surface area contributed by atoms with Gasteiger partial charge in [-0.05, 0) is 37.7 Å². The lowest BCUT2D eigenvalue weighted by molar-refractivity contribution is -0.121. The van der Waals surface area contributed by atoms with Crippen molar-refractivity contribution in [2.45, 2.75) is 46.0 Å². The maximum Gasteiger partial charge on any atom is 0.341 e. The van der Waals surface area contributed by atoms with Crippen molar-refractivity contribution in [3.63, 3.8) is 0 Å². The number of carbonyl (C=O) groups excluding carboxylic acids is 3. The lowest BCUT2D eigenvalue weighted by Crippen LogP contribution is -2.32. The second-order valence-corrected chi connectivity index (χ2v) is 7.43. The van der Waals surface area contributed by atoms with E-state index in [4.69, 9.17) is 4.74 Å². The van der Waals surface area contributed by atoms with Gasteiger partial charge in [0, 0.05) is 17.7 Å². The third-order valence-corrected chi connectivity index (χ3v) is 5.55. The summed E-state index contributed by atoms with van der Waals surface area (Å²) in [7, 11) is 0. The average molecular weight is 363 g/mol. The van der Waals surface area contributed by atoms with Gasteiger partial charge in [0.1, 0.15) is 10.7 Å². The molecule has 2 heterocycles. The molecule has 2 aliphatic rings. The van der Waals surface area contributed by atoms with Gasteiger partial charge < -0.3 is 10.1 Å². The van der Waals surface area contributed by atoms with Gasteiger partial charge in [0.05, 0.1) is 12.2 Å². The molecule has 1 aromatic heterocycles. The van der Waals surface area contributed by atoms with Gasteiger partial charge in [0.15, 0.2) is 0 Å². The number of fused-ring (bicyclic) bond motifs is 1. The molecule has 0 bridgehead atoms. The van der Waals surface area contributed by atoms with Gasteiger partial charge in [-0.15, -0.1) is 11.3 Å². The number of anilines is 1. The summed E-state index contributed by atoms with van der Waals surface area (Å²) >= 11 is 1.44. The van der Waals surface area contributed by atoms with Crippen LogP contribution in [0.15, 0.2) is 5.10 Å². The number of nitrogens with zero attached hydrogens (tertiary/aromatic N) is 1. The van der Waals surface area contributed by atoms with E-state index in [1.165, 1.54) is 11.3 Å². The fourth-order valence-corrected chi connectivity index (χ4v) is 4.47. The highest BCUT2D eigenvalue weighted by Crippen LogP contribution is 2.40. The first kappa shape index (κ1) is 17.6. The van der Waals surface area contributed by atoms with Crippen LogP contribution in [0.5, 0.6) is 0 Å². The highest BCUT2D eigenvalue weighted by atomic mass is 32.1. The van der Waals surface area contributed by atoms with Crippen LogP contribution in [0.2, 0.25) is 0 Å². The third kappa shape index (κ3) is 3.73. The fourth-order valence-electron chi connectivity index (χ4n) is 3.07. The molecule has 0 fully saturated rings. The smallest absolute Gasteiger partial charge is 0.341 e. The number of hydrogen-bond donors (Lipinski definition) is 2. The van der Waals surface area contributed by atoms with Crippen molar-refractivity contribution in [3.05, 3.63) is 16.0 Å². The van der Waals surface area contributed by atoms with Crippen LogP contribution >= 0.6 is 11.3 Å². The Kier molecular flexibility index (Phi) is 5.17. The molecule has 0 saturated heterocycles. The molecule has 1 aliphatic carbocycles. The Morgan fingerprint density at radius 2 is 2.16 bits per heavy atom. The topological polar surface area (TPSA) is 96.9 Å². The molecule has 2 N–H and O–H groups in total. The maximum absolute atomic E-state index is 12.4. The van der Waals surface area contributed by atoms with E-state index in [0.717, 1.165) is 29.7 Å². The summed E-state index contributed by atoms with van der Waals surface area (Å²) in [6.07, 6.45) is 3.25. The molecule has 25 heavy (non-hydrogen) atoms. The van der Waals surface area contributed by atoms with E-state index >= 15 is 0 Å². The highest BCUT2D eigenvalue weighted by molar-refractivity contribution is 7.17. The van der Waals surface area contributed by atoms with Crippen molar-refractivity contribution >= 4 is 39.8 Å². The lowest BCUT2D eigenvalue weighted by Gasteiger charge is -2.18. The van der Waals surface area contributed by atoms with Gasteiger partial charge in [0.2, 0.25) is 5.91 Å². The highest BCUT2D eigenvalue weighted by Gasteiger charge is 2.30. The van der Waals surface area contributed by atoms with Crippen molar-refractivity contribution in [1.29, 1.82) is 0 Å². The second kappa shape index (κ2) is 7.35. The molecular formula is C17H21N3O4S. The summed E-state index contributed by atoms with van der Waals surface area (Å²) in [6, 6.07) is 0. The summed E-state index contributed by atoms with van der Waals surface area (Å²) in [4.78, 5) is 37.2. The molecule has 1 atom stereocenters. The second-order valence-electron chi connectivity index (χ2n) is 6.32. The molecule has 0 spiro atoms. The van der Waals surface area contributed by atoms with Crippen molar-refractivity contribution in [3.8, 4) is 0 Å². The number of hydrazone groups is 1. The summed E-state index contributed by atoms with van der Waals surface area (Å²) in [6.45, 7) is 4.23. The van der Waals surface area contributed by atoms with Crippen LogP contribution < -0.4 is 10.7 Å². The van der Waals surface area contributed by atoms with Crippen LogP contribution in [-0.2, 0) is 27.2 Å². The minimum Gasteiger partial charge on any atom is -0.462 e. The molecule has 0 unspecified atom stereocenters. The number of rotatable bonds is 4. The first-order chi connectivity index (χ1) is 12.0. The number of hydrogen-bond acceptors (Lipinski definition) is 6. The van der Waals surface area contributed by atoms with Crippen LogP contribution in [0.1, 0.15) is 53.9 Å². The van der Waals surface area contributed by atoms with Gasteiger partial charge in [-0.3, -0.25) is 9.59 Å². The molecule has 2 amide bonds. The molecule has 0 saturated carbocycles. The van der Waals surface area contributed by atoms with Crippen molar-refractivity contribution in [1.82, 2.24) is 5.43 Å². The van der Waals surface area contributed by atoms with Gasteiger partial charge in [-0.25, -0.2) is 10.2 Å². The normalized spacial score (nSPS) is 19.5. The van der Waals surface area contributed by atoms with Crippen LogP contribution in [0, 0.1) is 5.92 Å². The van der Waals surface area contributed by atoms with Crippen LogP contribution in [0.4, 0.5) is 5.00 Å². The molecule has 1 aromatic rings. The maximum atomic E-state index is 12.4. The number of carbonyl (C=O) groups is 3. The standard InChI is InChI=1S/C17H21N3O4S/c1-3-24-17(23)14-10-5-4-9(2)8-12(10)25-16(14)18-15(22)11-6-7-13(21)20-19-11/h9H,3-8H2,1-2H3,(H,18,22)(H,20,21)/t9-/m0/s1. The van der Waals surface area contributed by atoms with E-state index in [9.17, 15) is 14.4 Å². The number of thiophene rings is 1. The Balaban J connectivity index is 1.88. The Bertz CT molecular complexity index is 753. The number of ether oxygens (including phenoxy) is 1. The predicted molar refractivity (Wildman–Crippen MR) is 94.9 cm³/mol. The van der Waals surface area contributed by atoms with E-state index in [1.807, 2.05) is 0 Å². The Morgan fingerprint density at radius 1 is 1.36 bits per heavy atom. The fraction of sp³-hybridized carbons (Fsp3) is 0.529. The largest absolute Gasteiger partial charge is 0.462 e. The molecule has 134 valence electrons. The first-order valence-electron chi connectivity index (χ1n) is 8.48. The third-order valence-electron chi connectivity index (χ3n) is 4.38. The SMILES string of the molecule is CCOC(=O)c1c(NC(=O)C2=NNC(=O)CC2)sc2c1CC[C@H](C)C2. The quantitative estimate of drug-likeness (QED) is 0.802. The summed E-state index contributed by atoms with van der Waals surface area (Å²) < 4.78 is 5.19. The minimum absolute atomic E-state index is 0.204. The predicted octanol–water partition coefficient (Wildman–Crippen LogP) is 2.25. The van der Waals surface area contributed by atoms with Crippen LogP contribution in [0.25, 0.3) is 0 Å². The van der Waals surface area contributed by atoms with E-state index in [2.05, 4.69) is 22.8 Å². The summed E-state index contributed by atoms with van der Waals surface area (Å²) in [5.41, 5.74) is 4.04. The zero-order valence-corrected chi connectivity index (χ0v) is 15.1. The molecule has 7 nitrogen and oxygen atoms in total. The molecule has 0 radical (unpaired) electrons. The van der Waals surface area contributed by atoms with Gasteiger partial charge in [-0.2, -0.15) is 5.10 Å². The summed E-state index contributed by atoms with van der Waals surface area (Å²) in [5.74, 6) is -0.437. The zero-order valence-electron chi connectivity index (χ0n) is 14.3. The average Bonchev–Trinajstić information content (AvgIpc) is 2.92. The van der Waals surface area contributed by atoms with Gasteiger partial charge >= 0.3 is 5.97 Å². The van der Waals surface area contributed by atoms with Crippen LogP contribution in [-0.4, -0.2) is 30.1 Å². The van der Waals surface area contributed by atoms with Crippen LogP contribution in [0.3, 0.4) is 0 Å².